The fraction of sp³-hybridized carbons (Fsp3) is 0.375. The average Bonchev–Trinajstić information content (AvgIpc) is 2.83. The summed E-state index contributed by atoms with van der Waals surface area (Å²) in [6.07, 6.45) is 1.59. The Morgan fingerprint density at radius 1 is 1.03 bits per heavy atom. The number of hydrogen-bond donors (Lipinski definition) is 4. The third-order valence-electron chi connectivity index (χ3n) is 5.86. The lowest BCUT2D eigenvalue weighted by Gasteiger charge is -2.29. The number of carbonyl (C=O) groups is 3. The van der Waals surface area contributed by atoms with Gasteiger partial charge in [0.1, 0.15) is 23.9 Å². The van der Waals surface area contributed by atoms with Crippen molar-refractivity contribution in [1.82, 2.24) is 0 Å². The van der Waals surface area contributed by atoms with Gasteiger partial charge < -0.3 is 25.2 Å². The lowest BCUT2D eigenvalue weighted by Crippen LogP contribution is -2.28. The maximum absolute atomic E-state index is 13.1. The fourth-order valence-electron chi connectivity index (χ4n) is 4.21. The van der Waals surface area contributed by atoms with Crippen LogP contribution in [0.4, 0.5) is 0 Å². The van der Waals surface area contributed by atoms with E-state index in [2.05, 4.69) is 0 Å². The van der Waals surface area contributed by atoms with Gasteiger partial charge in [0, 0.05) is 29.2 Å². The Hall–Kier alpha value is -3.23. The first-order valence-corrected chi connectivity index (χ1v) is 10.4. The standard InChI is InChI=1S/C21H18O7.C3H8O/c1-28-14-4-2-3-11-15(14)21(27)17-16(19(11)25)20(26)12-7-9(13(23)8-22)5-6-10(12)18(17)24;1-2-3-4/h2-4,9,22,24,26H,5-8H2,1H3;4H,2-3H2,1H3/t9-;/m0./s1. The van der Waals surface area contributed by atoms with Crippen molar-refractivity contribution >= 4 is 17.3 Å². The highest BCUT2D eigenvalue weighted by atomic mass is 16.5. The SMILES string of the molecule is CCCO.COc1cccc2c1C(=O)c1c(O)c3c(c(O)c1C2=O)C[C@@H](C(=O)CO)CC3. The molecule has 8 nitrogen and oxygen atoms in total. The van der Waals surface area contributed by atoms with E-state index in [0.717, 1.165) is 6.42 Å². The third kappa shape index (κ3) is 3.76. The second-order valence-electron chi connectivity index (χ2n) is 7.73. The molecular weight excluding hydrogens is 416 g/mol. The van der Waals surface area contributed by atoms with Gasteiger partial charge in [-0.1, -0.05) is 19.1 Å². The lowest BCUT2D eigenvalue weighted by molar-refractivity contribution is -0.125. The van der Waals surface area contributed by atoms with Gasteiger partial charge in [0.05, 0.1) is 23.8 Å². The molecule has 0 saturated carbocycles. The Balaban J connectivity index is 0.000000668. The molecule has 170 valence electrons. The van der Waals surface area contributed by atoms with Crippen LogP contribution in [0.1, 0.15) is 62.7 Å². The first kappa shape index (κ1) is 23.4. The first-order chi connectivity index (χ1) is 15.3. The molecule has 0 aromatic heterocycles. The lowest BCUT2D eigenvalue weighted by atomic mass is 9.75. The summed E-state index contributed by atoms with van der Waals surface area (Å²) in [5, 5.41) is 38.6. The predicted molar refractivity (Wildman–Crippen MR) is 115 cm³/mol. The molecule has 0 radical (unpaired) electrons. The van der Waals surface area contributed by atoms with E-state index in [1.165, 1.54) is 13.2 Å². The molecule has 0 heterocycles. The summed E-state index contributed by atoms with van der Waals surface area (Å²) >= 11 is 0. The van der Waals surface area contributed by atoms with Crippen LogP contribution in [0.25, 0.3) is 0 Å². The van der Waals surface area contributed by atoms with Crippen molar-refractivity contribution in [3.8, 4) is 17.2 Å². The number of ketones is 3. The minimum atomic E-state index is -0.609. The number of aromatic hydroxyl groups is 2. The van der Waals surface area contributed by atoms with E-state index in [-0.39, 0.29) is 63.7 Å². The largest absolute Gasteiger partial charge is 0.507 e. The fourth-order valence-corrected chi connectivity index (χ4v) is 4.21. The number of rotatable bonds is 4. The van der Waals surface area contributed by atoms with E-state index < -0.39 is 24.1 Å². The molecule has 0 saturated heterocycles. The highest BCUT2D eigenvalue weighted by Crippen LogP contribution is 2.47. The number of phenolic OH excluding ortho intramolecular Hbond substituents is 2. The van der Waals surface area contributed by atoms with Crippen molar-refractivity contribution in [1.29, 1.82) is 0 Å². The number of aliphatic hydroxyl groups excluding tert-OH is 2. The molecule has 2 aliphatic rings. The second-order valence-corrected chi connectivity index (χ2v) is 7.73. The van der Waals surface area contributed by atoms with Crippen LogP contribution in [-0.2, 0) is 17.6 Å². The summed E-state index contributed by atoms with van der Waals surface area (Å²) < 4.78 is 5.20. The molecule has 0 aliphatic heterocycles. The number of hydrogen-bond acceptors (Lipinski definition) is 8. The zero-order chi connectivity index (χ0) is 23.6. The van der Waals surface area contributed by atoms with E-state index in [9.17, 15) is 24.6 Å². The molecule has 1 atom stereocenters. The number of phenols is 2. The second kappa shape index (κ2) is 9.50. The van der Waals surface area contributed by atoms with Crippen LogP contribution in [0.2, 0.25) is 0 Å². The number of methoxy groups -OCH3 is 1. The van der Waals surface area contributed by atoms with E-state index >= 15 is 0 Å². The molecule has 0 bridgehead atoms. The van der Waals surface area contributed by atoms with Crippen molar-refractivity contribution in [2.24, 2.45) is 5.92 Å². The summed E-state index contributed by atoms with van der Waals surface area (Å²) in [5.74, 6) is -2.56. The monoisotopic (exact) mass is 442 g/mol. The van der Waals surface area contributed by atoms with Crippen LogP contribution in [-0.4, -0.2) is 58.1 Å². The van der Waals surface area contributed by atoms with Crippen LogP contribution in [0.15, 0.2) is 18.2 Å². The normalized spacial score (nSPS) is 16.3. The number of aliphatic hydroxyl groups is 2. The third-order valence-corrected chi connectivity index (χ3v) is 5.86. The molecule has 32 heavy (non-hydrogen) atoms. The maximum atomic E-state index is 13.1. The predicted octanol–water partition coefficient (Wildman–Crippen LogP) is 1.94. The Kier molecular flexibility index (Phi) is 6.96. The highest BCUT2D eigenvalue weighted by molar-refractivity contribution is 6.31. The summed E-state index contributed by atoms with van der Waals surface area (Å²) in [4.78, 5) is 38.1. The topological polar surface area (TPSA) is 141 Å². The van der Waals surface area contributed by atoms with Crippen molar-refractivity contribution in [2.45, 2.75) is 32.6 Å². The van der Waals surface area contributed by atoms with Gasteiger partial charge in [-0.05, 0) is 31.7 Å². The van der Waals surface area contributed by atoms with Crippen LogP contribution in [0.3, 0.4) is 0 Å². The Labute approximate surface area is 185 Å². The molecule has 0 unspecified atom stereocenters. The summed E-state index contributed by atoms with van der Waals surface area (Å²) in [7, 11) is 1.38. The molecule has 0 spiro atoms. The van der Waals surface area contributed by atoms with Gasteiger partial charge in [0.25, 0.3) is 0 Å². The molecule has 8 heteroatoms. The van der Waals surface area contributed by atoms with Crippen LogP contribution >= 0.6 is 0 Å². The van der Waals surface area contributed by atoms with Crippen molar-refractivity contribution < 1.29 is 39.5 Å². The van der Waals surface area contributed by atoms with E-state index in [4.69, 9.17) is 14.9 Å². The van der Waals surface area contributed by atoms with Crippen LogP contribution < -0.4 is 4.74 Å². The van der Waals surface area contributed by atoms with Gasteiger partial charge >= 0.3 is 0 Å². The quantitative estimate of drug-likeness (QED) is 0.449. The first-order valence-electron chi connectivity index (χ1n) is 10.4. The zero-order valence-corrected chi connectivity index (χ0v) is 18.0. The molecule has 2 aliphatic carbocycles. The van der Waals surface area contributed by atoms with Gasteiger partial charge in [0.15, 0.2) is 11.6 Å². The number of ether oxygens (including phenoxy) is 1. The van der Waals surface area contributed by atoms with Crippen LogP contribution in [0, 0.1) is 5.92 Å². The Morgan fingerprint density at radius 2 is 1.66 bits per heavy atom. The molecular formula is C24H26O8. The minimum absolute atomic E-state index is 0.0568. The molecule has 4 rings (SSSR count). The number of fused-ring (bicyclic) bond motifs is 3. The van der Waals surface area contributed by atoms with Crippen LogP contribution in [0.5, 0.6) is 17.2 Å². The minimum Gasteiger partial charge on any atom is -0.507 e. The number of Topliss-reactive ketones (excluding diaryl/α,β-unsaturated/α-hetero) is 1. The zero-order valence-electron chi connectivity index (χ0n) is 18.0. The van der Waals surface area contributed by atoms with E-state index in [0.29, 0.717) is 18.6 Å². The summed E-state index contributed by atoms with van der Waals surface area (Å²) in [6.45, 7) is 1.64. The van der Waals surface area contributed by atoms with Gasteiger partial charge in [-0.25, -0.2) is 0 Å². The Morgan fingerprint density at radius 3 is 2.25 bits per heavy atom. The molecule has 4 N–H and O–H groups in total. The smallest absolute Gasteiger partial charge is 0.202 e. The summed E-state index contributed by atoms with van der Waals surface area (Å²) in [5.41, 5.74) is 0.301. The van der Waals surface area contributed by atoms with E-state index in [1.807, 2.05) is 6.92 Å². The van der Waals surface area contributed by atoms with Crippen molar-refractivity contribution in [3.05, 3.63) is 51.6 Å². The maximum Gasteiger partial charge on any atom is 0.202 e. The molecule has 0 fully saturated rings. The Bertz CT molecular complexity index is 1080. The number of carbonyl (C=O) groups excluding carboxylic acids is 3. The van der Waals surface area contributed by atoms with Gasteiger partial charge in [0.2, 0.25) is 5.78 Å². The number of benzene rings is 2. The molecule has 2 aromatic rings. The van der Waals surface area contributed by atoms with E-state index in [1.54, 1.807) is 12.1 Å². The van der Waals surface area contributed by atoms with Gasteiger partial charge in [-0.2, -0.15) is 0 Å². The van der Waals surface area contributed by atoms with Crippen molar-refractivity contribution in [2.75, 3.05) is 20.3 Å². The van der Waals surface area contributed by atoms with Gasteiger partial charge in [-0.3, -0.25) is 14.4 Å². The van der Waals surface area contributed by atoms with Gasteiger partial charge in [-0.15, -0.1) is 0 Å². The van der Waals surface area contributed by atoms with Crippen molar-refractivity contribution in [3.63, 3.8) is 0 Å². The highest BCUT2D eigenvalue weighted by Gasteiger charge is 2.40. The summed E-state index contributed by atoms with van der Waals surface area (Å²) in [6, 6.07) is 4.59. The average molecular weight is 442 g/mol. The molecule has 2 aromatic carbocycles. The molecule has 0 amide bonds.